The fourth-order valence-corrected chi connectivity index (χ4v) is 2.95. The third kappa shape index (κ3) is 3.61. The van der Waals surface area contributed by atoms with Crippen molar-refractivity contribution in [3.63, 3.8) is 0 Å². The molecule has 1 N–H and O–H groups in total. The van der Waals surface area contributed by atoms with Gasteiger partial charge in [0, 0.05) is 5.92 Å². The molecule has 1 aromatic carbocycles. The van der Waals surface area contributed by atoms with Crippen molar-refractivity contribution in [1.82, 2.24) is 4.98 Å². The van der Waals surface area contributed by atoms with E-state index >= 15 is 0 Å². The van der Waals surface area contributed by atoms with Crippen LogP contribution in [-0.2, 0) is 0 Å². The summed E-state index contributed by atoms with van der Waals surface area (Å²) >= 11 is 1.44. The Morgan fingerprint density at radius 1 is 1.19 bits per heavy atom. The molecule has 112 valence electrons. The average molecular weight is 305 g/mol. The van der Waals surface area contributed by atoms with Gasteiger partial charge in [0.05, 0.1) is 16.0 Å². The maximum atomic E-state index is 11.4. The summed E-state index contributed by atoms with van der Waals surface area (Å²) in [5.74, 6) is 0.000257. The van der Waals surface area contributed by atoms with Crippen LogP contribution in [0, 0.1) is 0 Å². The molecule has 1 aromatic heterocycles. The van der Waals surface area contributed by atoms with Crippen molar-refractivity contribution in [3.05, 3.63) is 35.0 Å². The summed E-state index contributed by atoms with van der Waals surface area (Å²) in [7, 11) is 0. The van der Waals surface area contributed by atoms with Crippen molar-refractivity contribution in [2.45, 2.75) is 39.7 Å². The van der Waals surface area contributed by atoms with Gasteiger partial charge in [-0.05, 0) is 43.7 Å². The summed E-state index contributed by atoms with van der Waals surface area (Å²) < 4.78 is 5.60. The molecule has 5 heteroatoms. The molecule has 2 aromatic rings. The fourth-order valence-electron chi connectivity index (χ4n) is 1.88. The molecule has 0 bridgehead atoms. The van der Waals surface area contributed by atoms with Gasteiger partial charge >= 0.3 is 5.97 Å². The molecule has 0 saturated carbocycles. The number of ether oxygens (including phenoxy) is 1. The lowest BCUT2D eigenvalue weighted by molar-refractivity contribution is 0.0692. The minimum Gasteiger partial charge on any atom is -0.491 e. The van der Waals surface area contributed by atoms with E-state index in [9.17, 15) is 9.90 Å². The first-order valence-electron chi connectivity index (χ1n) is 6.89. The molecule has 0 saturated heterocycles. The zero-order valence-corrected chi connectivity index (χ0v) is 13.4. The van der Waals surface area contributed by atoms with Gasteiger partial charge in [0.15, 0.2) is 5.69 Å². The highest BCUT2D eigenvalue weighted by Gasteiger charge is 2.20. The van der Waals surface area contributed by atoms with Gasteiger partial charge in [0.1, 0.15) is 5.75 Å². The van der Waals surface area contributed by atoms with Crippen LogP contribution in [0.25, 0.3) is 10.4 Å². The van der Waals surface area contributed by atoms with Crippen LogP contribution < -0.4 is 4.74 Å². The Morgan fingerprint density at radius 2 is 1.81 bits per heavy atom. The maximum absolute atomic E-state index is 11.4. The number of carboxylic acid groups (broad SMARTS) is 1. The molecular formula is C16H19NO3S. The topological polar surface area (TPSA) is 59.4 Å². The van der Waals surface area contributed by atoms with Gasteiger partial charge in [-0.1, -0.05) is 13.8 Å². The normalized spacial score (nSPS) is 11.1. The molecule has 0 aliphatic rings. The number of aromatic carboxylic acids is 1. The number of rotatable bonds is 5. The highest BCUT2D eigenvalue weighted by molar-refractivity contribution is 7.15. The molecule has 0 radical (unpaired) electrons. The zero-order chi connectivity index (χ0) is 15.6. The summed E-state index contributed by atoms with van der Waals surface area (Å²) in [5.41, 5.74) is 0.981. The lowest BCUT2D eigenvalue weighted by Gasteiger charge is -2.09. The Bertz CT molecular complexity index is 629. The Hall–Kier alpha value is -1.88. The molecule has 21 heavy (non-hydrogen) atoms. The molecule has 1 heterocycles. The predicted molar refractivity (Wildman–Crippen MR) is 84.4 cm³/mol. The second kappa shape index (κ2) is 6.26. The molecule has 0 spiro atoms. The number of carboxylic acids is 1. The van der Waals surface area contributed by atoms with E-state index in [1.807, 2.05) is 52.0 Å². The van der Waals surface area contributed by atoms with E-state index in [4.69, 9.17) is 4.74 Å². The maximum Gasteiger partial charge on any atom is 0.356 e. The highest BCUT2D eigenvalue weighted by atomic mass is 32.1. The van der Waals surface area contributed by atoms with Gasteiger partial charge in [-0.3, -0.25) is 0 Å². The number of benzene rings is 1. The summed E-state index contributed by atoms with van der Waals surface area (Å²) in [6, 6.07) is 7.47. The SMILES string of the molecule is CC(C)Oc1ccc(-c2sc(C(C)C)nc2C(=O)O)cc1. The van der Waals surface area contributed by atoms with Crippen LogP contribution in [0.15, 0.2) is 24.3 Å². The van der Waals surface area contributed by atoms with Crippen molar-refractivity contribution in [3.8, 4) is 16.2 Å². The minimum atomic E-state index is -0.990. The average Bonchev–Trinajstić information content (AvgIpc) is 2.84. The zero-order valence-electron chi connectivity index (χ0n) is 12.6. The summed E-state index contributed by atoms with van der Waals surface area (Å²) in [6.07, 6.45) is 0.112. The van der Waals surface area contributed by atoms with Crippen LogP contribution in [0.5, 0.6) is 5.75 Å². The molecule has 0 fully saturated rings. The van der Waals surface area contributed by atoms with E-state index in [2.05, 4.69) is 4.98 Å². The molecular weight excluding hydrogens is 286 g/mol. The molecule has 4 nitrogen and oxygen atoms in total. The lowest BCUT2D eigenvalue weighted by Crippen LogP contribution is -2.05. The van der Waals surface area contributed by atoms with E-state index in [1.54, 1.807) is 0 Å². The van der Waals surface area contributed by atoms with E-state index in [1.165, 1.54) is 11.3 Å². The molecule has 0 amide bonds. The first-order chi connectivity index (χ1) is 9.88. The summed E-state index contributed by atoms with van der Waals surface area (Å²) in [4.78, 5) is 16.3. The Labute approximate surface area is 128 Å². The Morgan fingerprint density at radius 3 is 2.29 bits per heavy atom. The van der Waals surface area contributed by atoms with Crippen LogP contribution in [0.3, 0.4) is 0 Å². The molecule has 0 aliphatic carbocycles. The number of carbonyl (C=O) groups is 1. The number of thiazole rings is 1. The molecule has 0 atom stereocenters. The van der Waals surface area contributed by atoms with E-state index in [0.717, 1.165) is 16.3 Å². The molecule has 0 unspecified atom stereocenters. The van der Waals surface area contributed by atoms with E-state index < -0.39 is 5.97 Å². The van der Waals surface area contributed by atoms with Crippen LogP contribution in [0.2, 0.25) is 0 Å². The minimum absolute atomic E-state index is 0.112. The van der Waals surface area contributed by atoms with Crippen molar-refractivity contribution in [2.75, 3.05) is 0 Å². The summed E-state index contributed by atoms with van der Waals surface area (Å²) in [6.45, 7) is 7.95. The third-order valence-electron chi connectivity index (χ3n) is 2.83. The van der Waals surface area contributed by atoms with Crippen LogP contribution in [-0.4, -0.2) is 22.2 Å². The second-order valence-electron chi connectivity index (χ2n) is 5.38. The van der Waals surface area contributed by atoms with Crippen LogP contribution in [0.4, 0.5) is 0 Å². The van der Waals surface area contributed by atoms with Crippen molar-refractivity contribution >= 4 is 17.3 Å². The molecule has 0 aliphatic heterocycles. The van der Waals surface area contributed by atoms with Crippen molar-refractivity contribution in [1.29, 1.82) is 0 Å². The highest BCUT2D eigenvalue weighted by Crippen LogP contribution is 2.34. The number of hydrogen-bond donors (Lipinski definition) is 1. The lowest BCUT2D eigenvalue weighted by atomic mass is 10.1. The smallest absolute Gasteiger partial charge is 0.356 e. The first kappa shape index (κ1) is 15.5. The number of nitrogens with zero attached hydrogens (tertiary/aromatic N) is 1. The van der Waals surface area contributed by atoms with Crippen molar-refractivity contribution in [2.24, 2.45) is 0 Å². The number of aromatic nitrogens is 1. The van der Waals surface area contributed by atoms with Gasteiger partial charge in [-0.15, -0.1) is 11.3 Å². The second-order valence-corrected chi connectivity index (χ2v) is 6.41. The Balaban J connectivity index is 2.38. The predicted octanol–water partition coefficient (Wildman–Crippen LogP) is 4.42. The van der Waals surface area contributed by atoms with Gasteiger partial charge in [-0.2, -0.15) is 0 Å². The monoisotopic (exact) mass is 305 g/mol. The van der Waals surface area contributed by atoms with Gasteiger partial charge in [-0.25, -0.2) is 9.78 Å². The number of hydrogen-bond acceptors (Lipinski definition) is 4. The standard InChI is InChI=1S/C16H19NO3S/c1-9(2)15-17-13(16(18)19)14(21-15)11-5-7-12(8-6-11)20-10(3)4/h5-10H,1-4H3,(H,18,19). The van der Waals surface area contributed by atoms with Gasteiger partial charge in [0.2, 0.25) is 0 Å². The third-order valence-corrected chi connectivity index (χ3v) is 4.23. The fraction of sp³-hybridized carbons (Fsp3) is 0.375. The van der Waals surface area contributed by atoms with Crippen LogP contribution >= 0.6 is 11.3 Å². The van der Waals surface area contributed by atoms with E-state index in [0.29, 0.717) is 4.88 Å². The van der Waals surface area contributed by atoms with Crippen LogP contribution in [0.1, 0.15) is 49.1 Å². The molecule has 2 rings (SSSR count). The van der Waals surface area contributed by atoms with Gasteiger partial charge < -0.3 is 9.84 Å². The van der Waals surface area contributed by atoms with E-state index in [-0.39, 0.29) is 17.7 Å². The first-order valence-corrected chi connectivity index (χ1v) is 7.71. The van der Waals surface area contributed by atoms with Gasteiger partial charge in [0.25, 0.3) is 0 Å². The quantitative estimate of drug-likeness (QED) is 0.888. The van der Waals surface area contributed by atoms with Crippen molar-refractivity contribution < 1.29 is 14.6 Å². The largest absolute Gasteiger partial charge is 0.491 e. The summed E-state index contributed by atoms with van der Waals surface area (Å²) in [5, 5.41) is 10.2. The Kier molecular flexibility index (Phi) is 4.63.